The summed E-state index contributed by atoms with van der Waals surface area (Å²) in [6, 6.07) is 1.33. The molecule has 0 spiro atoms. The molecule has 1 aromatic heterocycles. The number of pyridine rings is 1. The molecule has 0 unspecified atom stereocenters. The molecule has 8 heteroatoms. The van der Waals surface area contributed by atoms with Gasteiger partial charge in [-0.25, -0.2) is 18.2 Å². The average Bonchev–Trinajstić information content (AvgIpc) is 2.34. The van der Waals surface area contributed by atoms with Crippen molar-refractivity contribution in [1.29, 1.82) is 0 Å². The second kappa shape index (κ2) is 5.04. The molecule has 1 aromatic rings. The van der Waals surface area contributed by atoms with Gasteiger partial charge in [0.25, 0.3) is 0 Å². The topological polar surface area (TPSA) is 122 Å². The first-order valence-corrected chi connectivity index (χ1v) is 7.65. The van der Waals surface area contributed by atoms with Crippen LogP contribution in [0.4, 0.5) is 11.5 Å². The summed E-state index contributed by atoms with van der Waals surface area (Å²) in [6.45, 7) is 0. The fraction of sp³-hybridized carbons (Fsp3) is 0.455. The van der Waals surface area contributed by atoms with Crippen molar-refractivity contribution >= 4 is 27.3 Å². The summed E-state index contributed by atoms with van der Waals surface area (Å²) < 4.78 is 22.6. The molecule has 0 atom stereocenters. The third-order valence-corrected chi connectivity index (χ3v) is 4.78. The van der Waals surface area contributed by atoms with Crippen molar-refractivity contribution < 1.29 is 18.3 Å². The predicted molar refractivity (Wildman–Crippen MR) is 70.9 cm³/mol. The Morgan fingerprint density at radius 3 is 2.58 bits per heavy atom. The van der Waals surface area contributed by atoms with E-state index in [0.717, 1.165) is 0 Å². The van der Waals surface area contributed by atoms with Crippen molar-refractivity contribution in [2.45, 2.75) is 18.9 Å². The highest BCUT2D eigenvalue weighted by molar-refractivity contribution is 7.91. The zero-order valence-electron chi connectivity index (χ0n) is 10.2. The van der Waals surface area contributed by atoms with Gasteiger partial charge in [-0.3, -0.25) is 0 Å². The molecule has 2 heterocycles. The van der Waals surface area contributed by atoms with Gasteiger partial charge in [0, 0.05) is 12.2 Å². The summed E-state index contributed by atoms with van der Waals surface area (Å²) in [5, 5.41) is 11.9. The Hall–Kier alpha value is -1.83. The molecule has 0 saturated carbocycles. The third-order valence-electron chi connectivity index (χ3n) is 3.06. The molecule has 1 aliphatic rings. The van der Waals surface area contributed by atoms with Crippen LogP contribution < -0.4 is 11.1 Å². The minimum Gasteiger partial charge on any atom is -0.478 e. The fourth-order valence-electron chi connectivity index (χ4n) is 1.95. The second-order valence-electron chi connectivity index (χ2n) is 4.54. The molecular formula is C11H15N3O4S. The largest absolute Gasteiger partial charge is 0.478 e. The maximum atomic E-state index is 11.3. The number of aromatic carboxylic acids is 1. The Morgan fingerprint density at radius 2 is 2.05 bits per heavy atom. The quantitative estimate of drug-likeness (QED) is 0.732. The van der Waals surface area contributed by atoms with E-state index in [1.54, 1.807) is 0 Å². The third kappa shape index (κ3) is 3.34. The molecule has 104 valence electrons. The van der Waals surface area contributed by atoms with Gasteiger partial charge < -0.3 is 16.2 Å². The van der Waals surface area contributed by atoms with Crippen LogP contribution >= 0.6 is 0 Å². The Morgan fingerprint density at radius 1 is 1.42 bits per heavy atom. The highest BCUT2D eigenvalue weighted by atomic mass is 32.2. The van der Waals surface area contributed by atoms with E-state index in [1.165, 1.54) is 12.3 Å². The van der Waals surface area contributed by atoms with Crippen molar-refractivity contribution in [2.75, 3.05) is 22.6 Å². The minimum absolute atomic E-state index is 0.00555. The second-order valence-corrected chi connectivity index (χ2v) is 6.84. The molecule has 0 bridgehead atoms. The van der Waals surface area contributed by atoms with Crippen molar-refractivity contribution in [3.05, 3.63) is 17.8 Å². The van der Waals surface area contributed by atoms with Crippen LogP contribution in [-0.2, 0) is 9.84 Å². The van der Waals surface area contributed by atoms with Crippen LogP contribution in [0.3, 0.4) is 0 Å². The fourth-order valence-corrected chi connectivity index (χ4v) is 3.44. The van der Waals surface area contributed by atoms with Crippen molar-refractivity contribution in [3.63, 3.8) is 0 Å². The number of carbonyl (C=O) groups is 1. The first-order valence-electron chi connectivity index (χ1n) is 5.83. The molecule has 19 heavy (non-hydrogen) atoms. The first kappa shape index (κ1) is 13.6. The van der Waals surface area contributed by atoms with Crippen LogP contribution in [0.5, 0.6) is 0 Å². The van der Waals surface area contributed by atoms with E-state index in [1.807, 2.05) is 0 Å². The Balaban J connectivity index is 2.06. The number of rotatable bonds is 3. The standard InChI is InChI=1S/C11H15N3O4S/c12-9-5-7(11(15)16)6-13-10(9)14-8-1-3-19(17,18)4-2-8/h5-6,8H,1-4,12H2,(H,13,14)(H,15,16). The van der Waals surface area contributed by atoms with E-state index in [0.29, 0.717) is 18.7 Å². The molecule has 7 nitrogen and oxygen atoms in total. The number of carboxylic acid groups (broad SMARTS) is 1. The summed E-state index contributed by atoms with van der Waals surface area (Å²) in [5.74, 6) is -0.390. The van der Waals surface area contributed by atoms with E-state index in [2.05, 4.69) is 10.3 Å². The number of nitrogen functional groups attached to an aromatic ring is 1. The van der Waals surface area contributed by atoms with Crippen LogP contribution in [0.15, 0.2) is 12.3 Å². The molecular weight excluding hydrogens is 270 g/mol. The molecule has 1 fully saturated rings. The molecule has 2 rings (SSSR count). The number of sulfone groups is 1. The van der Waals surface area contributed by atoms with Gasteiger partial charge in [0.15, 0.2) is 0 Å². The van der Waals surface area contributed by atoms with Gasteiger partial charge in [-0.15, -0.1) is 0 Å². The maximum Gasteiger partial charge on any atom is 0.337 e. The van der Waals surface area contributed by atoms with E-state index < -0.39 is 15.8 Å². The van der Waals surface area contributed by atoms with Crippen molar-refractivity contribution in [3.8, 4) is 0 Å². The van der Waals surface area contributed by atoms with Crippen LogP contribution in [0.25, 0.3) is 0 Å². The van der Waals surface area contributed by atoms with Gasteiger partial charge in [-0.05, 0) is 18.9 Å². The number of nitrogens with two attached hydrogens (primary N) is 1. The summed E-state index contributed by atoms with van der Waals surface area (Å²) in [6.07, 6.45) is 2.23. The van der Waals surface area contributed by atoms with Crippen molar-refractivity contribution in [1.82, 2.24) is 4.98 Å². The van der Waals surface area contributed by atoms with E-state index in [-0.39, 0.29) is 28.8 Å². The maximum absolute atomic E-state index is 11.3. The lowest BCUT2D eigenvalue weighted by Gasteiger charge is -2.24. The van der Waals surface area contributed by atoms with Crippen LogP contribution in [0, 0.1) is 0 Å². The molecule has 0 aromatic carbocycles. The number of nitrogens with one attached hydrogen (secondary N) is 1. The molecule has 1 saturated heterocycles. The van der Waals surface area contributed by atoms with Gasteiger partial charge >= 0.3 is 5.97 Å². The molecule has 4 N–H and O–H groups in total. The number of nitrogens with zero attached hydrogens (tertiary/aromatic N) is 1. The highest BCUT2D eigenvalue weighted by Crippen LogP contribution is 2.21. The monoisotopic (exact) mass is 285 g/mol. The minimum atomic E-state index is -2.91. The summed E-state index contributed by atoms with van der Waals surface area (Å²) in [5.41, 5.74) is 5.99. The Kier molecular flexibility index (Phi) is 3.61. The molecule has 0 amide bonds. The van der Waals surface area contributed by atoms with E-state index >= 15 is 0 Å². The lowest BCUT2D eigenvalue weighted by atomic mass is 10.1. The van der Waals surface area contributed by atoms with Crippen LogP contribution in [0.2, 0.25) is 0 Å². The van der Waals surface area contributed by atoms with Gasteiger partial charge in [0.05, 0.1) is 22.8 Å². The number of aromatic nitrogens is 1. The van der Waals surface area contributed by atoms with E-state index in [9.17, 15) is 13.2 Å². The van der Waals surface area contributed by atoms with Gasteiger partial charge in [-0.1, -0.05) is 0 Å². The van der Waals surface area contributed by atoms with E-state index in [4.69, 9.17) is 10.8 Å². The summed E-state index contributed by atoms with van der Waals surface area (Å²) >= 11 is 0. The van der Waals surface area contributed by atoms with Gasteiger partial charge in [-0.2, -0.15) is 0 Å². The van der Waals surface area contributed by atoms with Gasteiger partial charge in [0.2, 0.25) is 0 Å². The van der Waals surface area contributed by atoms with Crippen LogP contribution in [-0.4, -0.2) is 42.0 Å². The average molecular weight is 285 g/mol. The number of hydrogen-bond acceptors (Lipinski definition) is 6. The predicted octanol–water partition coefficient (Wildman–Crippen LogP) is 0.351. The van der Waals surface area contributed by atoms with Crippen LogP contribution in [0.1, 0.15) is 23.2 Å². The SMILES string of the molecule is Nc1cc(C(=O)O)cnc1NC1CCS(=O)(=O)CC1. The Bertz CT molecular complexity index is 586. The summed E-state index contributed by atoms with van der Waals surface area (Å²) in [4.78, 5) is 14.7. The molecule has 0 aliphatic carbocycles. The normalized spacial score (nSPS) is 18.9. The number of carboxylic acids is 1. The smallest absolute Gasteiger partial charge is 0.337 e. The summed E-state index contributed by atoms with van der Waals surface area (Å²) in [7, 11) is -2.91. The zero-order valence-corrected chi connectivity index (χ0v) is 11.0. The van der Waals surface area contributed by atoms with Crippen molar-refractivity contribution in [2.24, 2.45) is 0 Å². The highest BCUT2D eigenvalue weighted by Gasteiger charge is 2.24. The Labute approximate surface area is 110 Å². The first-order chi connectivity index (χ1) is 8.87. The van der Waals surface area contributed by atoms with Gasteiger partial charge in [0.1, 0.15) is 15.7 Å². The molecule has 0 radical (unpaired) electrons. The lowest BCUT2D eigenvalue weighted by Crippen LogP contribution is -2.32. The zero-order chi connectivity index (χ0) is 14.0. The number of anilines is 2. The lowest BCUT2D eigenvalue weighted by molar-refractivity contribution is 0.0696. The number of hydrogen-bond donors (Lipinski definition) is 3. The molecule has 1 aliphatic heterocycles.